The van der Waals surface area contributed by atoms with E-state index in [4.69, 9.17) is 29.8 Å². The van der Waals surface area contributed by atoms with Crippen LogP contribution in [0.1, 0.15) is 0 Å². The highest BCUT2D eigenvalue weighted by Gasteiger charge is 1.84. The summed E-state index contributed by atoms with van der Waals surface area (Å²) in [5.41, 5.74) is 0. The molecule has 0 saturated heterocycles. The molecule has 0 aromatic rings. The second-order valence-electron chi connectivity index (χ2n) is 0.753. The third kappa shape index (κ3) is 2.31. The van der Waals surface area contributed by atoms with Crippen molar-refractivity contribution in [2.24, 2.45) is 0 Å². The van der Waals surface area contributed by atoms with Gasteiger partial charge in [0.2, 0.25) is 0 Å². The van der Waals surface area contributed by atoms with E-state index in [9.17, 15) is 0 Å². The van der Waals surface area contributed by atoms with Gasteiger partial charge in [0.15, 0.2) is 0 Å². The van der Waals surface area contributed by atoms with Gasteiger partial charge in [-0.3, -0.25) is 0 Å². The van der Waals surface area contributed by atoms with Gasteiger partial charge in [0.25, 0.3) is 0 Å². The molecule has 0 rings (SSSR count). The fourth-order valence-electron chi connectivity index (χ4n) is 0. The van der Waals surface area contributed by atoms with Crippen LogP contribution in [0.3, 0.4) is 0 Å². The highest BCUT2D eigenvalue weighted by Crippen LogP contribution is 2.11. The zero-order chi connectivity index (χ0) is 5.15. The lowest BCUT2D eigenvalue weighted by Gasteiger charge is -1.81. The molecule has 0 aromatic heterocycles. The summed E-state index contributed by atoms with van der Waals surface area (Å²) in [6.45, 7) is 8.11. The Kier molecular flexibility index (Phi) is 2.29. The molecule has 0 spiro atoms. The first-order valence-corrected chi connectivity index (χ1v) is 2.03. The van der Waals surface area contributed by atoms with Gasteiger partial charge in [0.1, 0.15) is 0 Å². The first-order chi connectivity index (χ1) is 2.64. The summed E-state index contributed by atoms with van der Waals surface area (Å²) in [7, 11) is 0. The second-order valence-corrected chi connectivity index (χ2v) is 1.62. The van der Waals surface area contributed by atoms with E-state index in [0.717, 1.165) is 0 Å². The predicted molar refractivity (Wildman–Crippen MR) is 28.7 cm³/mol. The number of rotatable bonds is 1. The molecule has 0 amide bonds. The molecule has 33 valence electrons. The van der Waals surface area contributed by atoms with Gasteiger partial charge in [-0.2, -0.15) is 0 Å². The summed E-state index contributed by atoms with van der Waals surface area (Å²) in [5.74, 6) is 0. The Morgan fingerprint density at radius 2 is 1.67 bits per heavy atom. The van der Waals surface area contributed by atoms with E-state index in [0.29, 0.717) is 0 Å². The number of allylic oxidation sites excluding steroid dienone is 2. The Hall–Kier alpha value is 0.0600. The summed E-state index contributed by atoms with van der Waals surface area (Å²) in [6.07, 6.45) is 0. The third-order valence-electron chi connectivity index (χ3n) is 0.259. The Labute approximate surface area is 47.1 Å². The standard InChI is InChI=1S/C4H3Cl2/c1-3(5)4(2)6/h1H,2H2. The van der Waals surface area contributed by atoms with Crippen LogP contribution in [0.25, 0.3) is 0 Å². The summed E-state index contributed by atoms with van der Waals surface area (Å²) in [5, 5.41) is 0.244. The van der Waals surface area contributed by atoms with Crippen molar-refractivity contribution in [2.45, 2.75) is 0 Å². The Bertz CT molecular complexity index is 71.5. The minimum Gasteiger partial charge on any atom is -0.0834 e. The summed E-state index contributed by atoms with van der Waals surface area (Å²) in [6, 6.07) is 0. The van der Waals surface area contributed by atoms with Crippen LogP contribution in [-0.4, -0.2) is 0 Å². The molecule has 0 aromatic carbocycles. The van der Waals surface area contributed by atoms with E-state index in [1.807, 2.05) is 0 Å². The van der Waals surface area contributed by atoms with Crippen molar-refractivity contribution >= 4 is 23.2 Å². The van der Waals surface area contributed by atoms with Crippen LogP contribution in [0.2, 0.25) is 0 Å². The Balaban J connectivity index is 3.57. The molecule has 0 unspecified atom stereocenters. The molecule has 0 aliphatic heterocycles. The van der Waals surface area contributed by atoms with Crippen molar-refractivity contribution in [2.75, 3.05) is 0 Å². The molecule has 0 fully saturated rings. The zero-order valence-corrected chi connectivity index (χ0v) is 4.55. The molecule has 6 heavy (non-hydrogen) atoms. The number of halogens is 2. The fraction of sp³-hybridized carbons (Fsp3) is 0. The van der Waals surface area contributed by atoms with Crippen LogP contribution in [-0.2, 0) is 0 Å². The maximum Gasteiger partial charge on any atom is 0.0586 e. The lowest BCUT2D eigenvalue weighted by Crippen LogP contribution is -1.58. The highest BCUT2D eigenvalue weighted by atomic mass is 35.5. The minimum atomic E-state index is 0.0525. The van der Waals surface area contributed by atoms with Crippen LogP contribution in [0.15, 0.2) is 16.6 Å². The van der Waals surface area contributed by atoms with E-state index in [1.54, 1.807) is 0 Å². The van der Waals surface area contributed by atoms with Gasteiger partial charge in [0.05, 0.1) is 10.1 Å². The molecule has 0 aliphatic carbocycles. The molecule has 0 saturated carbocycles. The summed E-state index contributed by atoms with van der Waals surface area (Å²) < 4.78 is 0. The van der Waals surface area contributed by atoms with Crippen molar-refractivity contribution in [3.63, 3.8) is 0 Å². The molecular weight excluding hydrogens is 119 g/mol. The van der Waals surface area contributed by atoms with Crippen molar-refractivity contribution in [3.8, 4) is 0 Å². The van der Waals surface area contributed by atoms with Gasteiger partial charge in [-0.05, 0) is 6.58 Å². The first-order valence-electron chi connectivity index (χ1n) is 1.27. The molecule has 0 N–H and O–H groups in total. The van der Waals surface area contributed by atoms with Crippen molar-refractivity contribution in [1.82, 2.24) is 0 Å². The van der Waals surface area contributed by atoms with E-state index >= 15 is 0 Å². The SMILES string of the molecule is [CH]=C(Cl)C(=C)Cl. The van der Waals surface area contributed by atoms with E-state index in [1.165, 1.54) is 0 Å². The van der Waals surface area contributed by atoms with Gasteiger partial charge < -0.3 is 0 Å². The molecule has 0 nitrogen and oxygen atoms in total. The summed E-state index contributed by atoms with van der Waals surface area (Å²) >= 11 is 10.2. The monoisotopic (exact) mass is 121 g/mol. The lowest BCUT2D eigenvalue weighted by atomic mass is 10.6. The Morgan fingerprint density at radius 1 is 1.50 bits per heavy atom. The van der Waals surface area contributed by atoms with E-state index in [-0.39, 0.29) is 10.1 Å². The molecular formula is C4H3Cl2. The Morgan fingerprint density at radius 3 is 1.67 bits per heavy atom. The molecule has 0 atom stereocenters. The van der Waals surface area contributed by atoms with Crippen molar-refractivity contribution < 1.29 is 0 Å². The largest absolute Gasteiger partial charge is 0.0834 e. The van der Waals surface area contributed by atoms with Gasteiger partial charge in [0, 0.05) is 0 Å². The molecule has 0 heterocycles. The average molecular weight is 122 g/mol. The molecule has 2 heteroatoms. The predicted octanol–water partition coefficient (Wildman–Crippen LogP) is 2.29. The highest BCUT2D eigenvalue weighted by molar-refractivity contribution is 6.43. The van der Waals surface area contributed by atoms with Crippen LogP contribution < -0.4 is 0 Å². The van der Waals surface area contributed by atoms with Gasteiger partial charge in [-0.15, -0.1) is 0 Å². The van der Waals surface area contributed by atoms with Crippen LogP contribution in [0.4, 0.5) is 0 Å². The second kappa shape index (κ2) is 2.27. The van der Waals surface area contributed by atoms with E-state index < -0.39 is 0 Å². The number of hydrogen-bond acceptors (Lipinski definition) is 0. The lowest BCUT2D eigenvalue weighted by molar-refractivity contribution is 1.92. The van der Waals surface area contributed by atoms with Gasteiger partial charge in [-0.1, -0.05) is 29.8 Å². The van der Waals surface area contributed by atoms with Gasteiger partial charge in [-0.25, -0.2) is 0 Å². The zero-order valence-electron chi connectivity index (χ0n) is 3.04. The van der Waals surface area contributed by atoms with Crippen molar-refractivity contribution in [3.05, 3.63) is 23.2 Å². The smallest absolute Gasteiger partial charge is 0.0586 e. The van der Waals surface area contributed by atoms with Crippen LogP contribution in [0.5, 0.6) is 0 Å². The molecule has 1 radical (unpaired) electrons. The minimum absolute atomic E-state index is 0.0525. The first kappa shape index (κ1) is 6.06. The average Bonchev–Trinajstić information content (AvgIpc) is 1.36. The maximum atomic E-state index is 5.12. The van der Waals surface area contributed by atoms with Crippen LogP contribution in [0, 0.1) is 6.58 Å². The quantitative estimate of drug-likeness (QED) is 0.468. The van der Waals surface area contributed by atoms with Gasteiger partial charge >= 0.3 is 0 Å². The maximum absolute atomic E-state index is 5.12. The van der Waals surface area contributed by atoms with Crippen LogP contribution >= 0.6 is 23.2 Å². The van der Waals surface area contributed by atoms with E-state index in [2.05, 4.69) is 6.58 Å². The number of hydrogen-bond donors (Lipinski definition) is 0. The molecule has 0 bridgehead atoms. The molecule has 0 aliphatic rings. The topological polar surface area (TPSA) is 0 Å². The normalized spacial score (nSPS) is 7.67. The van der Waals surface area contributed by atoms with Crippen molar-refractivity contribution in [1.29, 1.82) is 0 Å². The summed E-state index contributed by atoms with van der Waals surface area (Å²) in [4.78, 5) is 0. The fourth-order valence-corrected chi connectivity index (χ4v) is 0. The third-order valence-corrected chi connectivity index (χ3v) is 0.788.